The van der Waals surface area contributed by atoms with Crippen LogP contribution in [0.25, 0.3) is 10.4 Å². The van der Waals surface area contributed by atoms with Gasteiger partial charge in [-0.15, -0.1) is 11.3 Å². The van der Waals surface area contributed by atoms with E-state index in [1.54, 1.807) is 0 Å². The summed E-state index contributed by atoms with van der Waals surface area (Å²) in [5, 5.41) is 0. The lowest BCUT2D eigenvalue weighted by molar-refractivity contribution is 0.252. The van der Waals surface area contributed by atoms with E-state index in [9.17, 15) is 0 Å². The van der Waals surface area contributed by atoms with Crippen LogP contribution in [-0.2, 0) is 6.54 Å². The van der Waals surface area contributed by atoms with Crippen LogP contribution >= 0.6 is 11.3 Å². The van der Waals surface area contributed by atoms with Crippen LogP contribution in [0.3, 0.4) is 0 Å². The summed E-state index contributed by atoms with van der Waals surface area (Å²) in [5.74, 6) is 0. The van der Waals surface area contributed by atoms with Crippen LogP contribution in [0, 0.1) is 0 Å². The normalized spacial score (nSPS) is 15.6. The number of thiophene rings is 1. The van der Waals surface area contributed by atoms with Crippen molar-refractivity contribution in [1.82, 2.24) is 4.90 Å². The Hall–Kier alpha value is -2.10. The maximum atomic E-state index is 2.57. The van der Waals surface area contributed by atoms with Crippen LogP contribution in [0.2, 0.25) is 0 Å². The van der Waals surface area contributed by atoms with Gasteiger partial charge in [0.25, 0.3) is 0 Å². The Morgan fingerprint density at radius 3 is 2.08 bits per heavy atom. The Morgan fingerprint density at radius 2 is 1.38 bits per heavy atom. The van der Waals surface area contributed by atoms with Gasteiger partial charge >= 0.3 is 0 Å². The van der Waals surface area contributed by atoms with Crippen molar-refractivity contribution in [2.45, 2.75) is 6.54 Å². The molecule has 1 aliphatic rings. The van der Waals surface area contributed by atoms with Crippen LogP contribution in [-0.4, -0.2) is 31.1 Å². The summed E-state index contributed by atoms with van der Waals surface area (Å²) < 4.78 is 0. The topological polar surface area (TPSA) is 6.48 Å². The van der Waals surface area contributed by atoms with E-state index in [-0.39, 0.29) is 0 Å². The molecule has 0 radical (unpaired) electrons. The maximum absolute atomic E-state index is 2.57. The third-order valence-electron chi connectivity index (χ3n) is 4.59. The number of piperazine rings is 1. The first-order valence-electron chi connectivity index (χ1n) is 8.55. The Labute approximate surface area is 148 Å². The number of anilines is 1. The average Bonchev–Trinajstić information content (AvgIpc) is 3.12. The average molecular weight is 334 g/mol. The van der Waals surface area contributed by atoms with Crippen LogP contribution in [0.1, 0.15) is 4.88 Å². The van der Waals surface area contributed by atoms with Gasteiger partial charge in [0.15, 0.2) is 0 Å². The van der Waals surface area contributed by atoms with Gasteiger partial charge in [-0.3, -0.25) is 4.90 Å². The molecule has 2 nitrogen and oxygen atoms in total. The highest BCUT2D eigenvalue weighted by Crippen LogP contribution is 2.29. The van der Waals surface area contributed by atoms with Crippen molar-refractivity contribution in [1.29, 1.82) is 0 Å². The molecule has 3 heteroatoms. The first-order valence-corrected chi connectivity index (χ1v) is 9.37. The van der Waals surface area contributed by atoms with Crippen LogP contribution in [0.5, 0.6) is 0 Å². The summed E-state index contributed by atoms with van der Waals surface area (Å²) in [6, 6.07) is 26.0. The van der Waals surface area contributed by atoms with Crippen LogP contribution < -0.4 is 4.90 Å². The monoisotopic (exact) mass is 334 g/mol. The van der Waals surface area contributed by atoms with E-state index in [1.165, 1.54) is 21.0 Å². The largest absolute Gasteiger partial charge is 0.369 e. The van der Waals surface area contributed by atoms with Crippen molar-refractivity contribution in [3.63, 3.8) is 0 Å². The van der Waals surface area contributed by atoms with Crippen molar-refractivity contribution in [3.05, 3.63) is 77.7 Å². The molecule has 1 aromatic heterocycles. The molecule has 0 saturated carbocycles. The molecule has 122 valence electrons. The number of nitrogens with zero attached hydrogens (tertiary/aromatic N) is 2. The van der Waals surface area contributed by atoms with E-state index in [2.05, 4.69) is 82.6 Å². The zero-order chi connectivity index (χ0) is 16.2. The Kier molecular flexibility index (Phi) is 4.63. The Morgan fingerprint density at radius 1 is 0.708 bits per heavy atom. The molecule has 0 aliphatic carbocycles. The van der Waals surface area contributed by atoms with Crippen LogP contribution in [0.4, 0.5) is 5.69 Å². The first kappa shape index (κ1) is 15.4. The maximum Gasteiger partial charge on any atom is 0.0367 e. The standard InChI is InChI=1S/C21H22N2S/c1-3-7-18(8-4-1)21-12-11-20(24-21)17-22-13-15-23(16-14-22)19-9-5-2-6-10-19/h1-12H,13-17H2. The zero-order valence-electron chi connectivity index (χ0n) is 13.8. The second-order valence-electron chi connectivity index (χ2n) is 6.23. The minimum atomic E-state index is 1.07. The molecule has 0 amide bonds. The second kappa shape index (κ2) is 7.20. The molecule has 0 spiro atoms. The van der Waals surface area contributed by atoms with Gasteiger partial charge in [-0.25, -0.2) is 0 Å². The summed E-state index contributed by atoms with van der Waals surface area (Å²) in [6.07, 6.45) is 0. The number of hydrogen-bond acceptors (Lipinski definition) is 3. The summed E-state index contributed by atoms with van der Waals surface area (Å²) in [5.41, 5.74) is 2.67. The lowest BCUT2D eigenvalue weighted by Gasteiger charge is -2.35. The summed E-state index contributed by atoms with van der Waals surface area (Å²) in [7, 11) is 0. The highest BCUT2D eigenvalue weighted by molar-refractivity contribution is 7.15. The summed E-state index contributed by atoms with van der Waals surface area (Å²) >= 11 is 1.92. The minimum Gasteiger partial charge on any atom is -0.369 e. The molecule has 3 aromatic rings. The fourth-order valence-electron chi connectivity index (χ4n) is 3.24. The molecular formula is C21H22N2S. The van der Waals surface area contributed by atoms with Gasteiger partial charge < -0.3 is 4.90 Å². The van der Waals surface area contributed by atoms with Gasteiger partial charge in [0.05, 0.1) is 0 Å². The third kappa shape index (κ3) is 3.53. The highest BCUT2D eigenvalue weighted by Gasteiger charge is 2.17. The second-order valence-corrected chi connectivity index (χ2v) is 7.40. The molecule has 24 heavy (non-hydrogen) atoms. The quantitative estimate of drug-likeness (QED) is 0.680. The third-order valence-corrected chi connectivity index (χ3v) is 5.71. The van der Waals surface area contributed by atoms with Gasteiger partial charge in [-0.2, -0.15) is 0 Å². The molecule has 4 rings (SSSR count). The van der Waals surface area contributed by atoms with E-state index in [0.29, 0.717) is 0 Å². The van der Waals surface area contributed by atoms with E-state index >= 15 is 0 Å². The van der Waals surface area contributed by atoms with Crippen LogP contribution in [0.15, 0.2) is 72.8 Å². The lowest BCUT2D eigenvalue weighted by Crippen LogP contribution is -2.45. The minimum absolute atomic E-state index is 1.07. The molecule has 1 aliphatic heterocycles. The van der Waals surface area contributed by atoms with E-state index in [1.807, 2.05) is 11.3 Å². The van der Waals surface area contributed by atoms with Gasteiger partial charge in [0.1, 0.15) is 0 Å². The molecule has 0 N–H and O–H groups in total. The highest BCUT2D eigenvalue weighted by atomic mass is 32.1. The van der Waals surface area contributed by atoms with Gasteiger partial charge in [-0.1, -0.05) is 48.5 Å². The Balaban J connectivity index is 1.35. The van der Waals surface area contributed by atoms with Crippen molar-refractivity contribution in [2.24, 2.45) is 0 Å². The van der Waals surface area contributed by atoms with E-state index < -0.39 is 0 Å². The lowest BCUT2D eigenvalue weighted by atomic mass is 10.2. The van der Waals surface area contributed by atoms with Gasteiger partial charge in [-0.05, 0) is 29.8 Å². The first-order chi connectivity index (χ1) is 11.9. The molecule has 1 fully saturated rings. The van der Waals surface area contributed by atoms with Gasteiger partial charge in [0.2, 0.25) is 0 Å². The molecule has 0 unspecified atom stereocenters. The SMILES string of the molecule is c1ccc(-c2ccc(CN3CCN(c4ccccc4)CC3)s2)cc1. The molecule has 2 heterocycles. The number of rotatable bonds is 4. The smallest absolute Gasteiger partial charge is 0.0367 e. The Bertz CT molecular complexity index is 759. The molecule has 1 saturated heterocycles. The number of hydrogen-bond donors (Lipinski definition) is 0. The van der Waals surface area contributed by atoms with Crippen molar-refractivity contribution in [3.8, 4) is 10.4 Å². The molecule has 0 bridgehead atoms. The van der Waals surface area contributed by atoms with E-state index in [4.69, 9.17) is 0 Å². The van der Waals surface area contributed by atoms with E-state index in [0.717, 1.165) is 32.7 Å². The fourth-order valence-corrected chi connectivity index (χ4v) is 4.30. The predicted molar refractivity (Wildman–Crippen MR) is 104 cm³/mol. The summed E-state index contributed by atoms with van der Waals surface area (Å²) in [4.78, 5) is 7.89. The van der Waals surface area contributed by atoms with Crippen molar-refractivity contribution in [2.75, 3.05) is 31.1 Å². The fraction of sp³-hybridized carbons (Fsp3) is 0.238. The molecule has 2 aromatic carbocycles. The number of para-hydroxylation sites is 1. The predicted octanol–water partition coefficient (Wildman–Crippen LogP) is 4.74. The zero-order valence-corrected chi connectivity index (χ0v) is 14.6. The summed E-state index contributed by atoms with van der Waals surface area (Å²) in [6.45, 7) is 5.56. The number of benzene rings is 2. The van der Waals surface area contributed by atoms with Crippen molar-refractivity contribution >= 4 is 17.0 Å². The van der Waals surface area contributed by atoms with Gasteiger partial charge in [0, 0.05) is 48.2 Å². The molecule has 0 atom stereocenters. The van der Waals surface area contributed by atoms with Crippen molar-refractivity contribution < 1.29 is 0 Å². The molecular weight excluding hydrogens is 312 g/mol.